The van der Waals surface area contributed by atoms with Crippen molar-refractivity contribution in [2.24, 2.45) is 5.92 Å². The van der Waals surface area contributed by atoms with Gasteiger partial charge in [0, 0.05) is 0 Å². The Morgan fingerprint density at radius 3 is 2.21 bits per heavy atom. The van der Waals surface area contributed by atoms with Crippen LogP contribution in [0.25, 0.3) is 0 Å². The van der Waals surface area contributed by atoms with E-state index in [0.29, 0.717) is 0 Å². The predicted octanol–water partition coefficient (Wildman–Crippen LogP) is 5.34. The zero-order valence-electron chi connectivity index (χ0n) is 10.6. The SMILES string of the molecule is CCCC/C=C(\C)C(CC)CCCC. The number of allylic oxidation sites excluding steroid dienone is 2. The van der Waals surface area contributed by atoms with Crippen molar-refractivity contribution >= 4 is 0 Å². The fourth-order valence-corrected chi connectivity index (χ4v) is 1.90. The van der Waals surface area contributed by atoms with E-state index in [9.17, 15) is 0 Å². The maximum Gasteiger partial charge on any atom is -0.0209 e. The molecule has 0 nitrogen and oxygen atoms in total. The molecule has 0 rings (SSSR count). The van der Waals surface area contributed by atoms with E-state index in [1.165, 1.54) is 44.9 Å². The minimum Gasteiger partial charge on any atom is -0.0853 e. The molecule has 0 aliphatic heterocycles. The number of hydrogen-bond donors (Lipinski definition) is 0. The van der Waals surface area contributed by atoms with Crippen LogP contribution in [0.1, 0.15) is 72.6 Å². The molecule has 0 amide bonds. The maximum absolute atomic E-state index is 2.47. The molecule has 0 fully saturated rings. The molecule has 1 unspecified atom stereocenters. The van der Waals surface area contributed by atoms with Crippen LogP contribution in [0, 0.1) is 5.92 Å². The summed E-state index contributed by atoms with van der Waals surface area (Å²) in [7, 11) is 0. The third-order valence-electron chi connectivity index (χ3n) is 3.07. The van der Waals surface area contributed by atoms with Gasteiger partial charge in [-0.25, -0.2) is 0 Å². The fraction of sp³-hybridized carbons (Fsp3) is 0.857. The molecule has 0 heteroatoms. The van der Waals surface area contributed by atoms with E-state index in [2.05, 4.69) is 33.8 Å². The first-order valence-electron chi connectivity index (χ1n) is 6.42. The lowest BCUT2D eigenvalue weighted by molar-refractivity contribution is 0.512. The Morgan fingerprint density at radius 1 is 1.07 bits per heavy atom. The normalized spacial score (nSPS) is 14.4. The van der Waals surface area contributed by atoms with Crippen molar-refractivity contribution in [3.05, 3.63) is 11.6 Å². The highest BCUT2D eigenvalue weighted by Crippen LogP contribution is 2.21. The Hall–Kier alpha value is -0.260. The van der Waals surface area contributed by atoms with E-state index in [1.807, 2.05) is 0 Å². The first-order chi connectivity index (χ1) is 6.76. The van der Waals surface area contributed by atoms with Crippen molar-refractivity contribution in [2.45, 2.75) is 72.6 Å². The van der Waals surface area contributed by atoms with E-state index in [-0.39, 0.29) is 0 Å². The van der Waals surface area contributed by atoms with Crippen LogP contribution in [0.4, 0.5) is 0 Å². The van der Waals surface area contributed by atoms with Crippen molar-refractivity contribution in [1.29, 1.82) is 0 Å². The van der Waals surface area contributed by atoms with E-state index < -0.39 is 0 Å². The van der Waals surface area contributed by atoms with Crippen LogP contribution in [0.3, 0.4) is 0 Å². The van der Waals surface area contributed by atoms with Crippen molar-refractivity contribution < 1.29 is 0 Å². The highest BCUT2D eigenvalue weighted by atomic mass is 14.1. The van der Waals surface area contributed by atoms with E-state index >= 15 is 0 Å². The summed E-state index contributed by atoms with van der Waals surface area (Å²) in [5, 5.41) is 0. The average molecular weight is 196 g/mol. The van der Waals surface area contributed by atoms with Crippen LogP contribution in [-0.4, -0.2) is 0 Å². The van der Waals surface area contributed by atoms with Gasteiger partial charge in [0.2, 0.25) is 0 Å². The molecule has 0 radical (unpaired) electrons. The molecule has 1 atom stereocenters. The van der Waals surface area contributed by atoms with Gasteiger partial charge in [0.1, 0.15) is 0 Å². The van der Waals surface area contributed by atoms with Gasteiger partial charge in [-0.2, -0.15) is 0 Å². The number of hydrogen-bond acceptors (Lipinski definition) is 0. The standard InChI is InChI=1S/C14H28/c1-5-8-10-11-13(4)14(7-3)12-9-6-2/h11,14H,5-10,12H2,1-4H3/b13-11+. The molecule has 84 valence electrons. The molecule has 0 saturated heterocycles. The summed E-state index contributed by atoms with van der Waals surface area (Å²) in [5.41, 5.74) is 1.63. The molecule has 0 heterocycles. The lowest BCUT2D eigenvalue weighted by Crippen LogP contribution is -2.00. The molecular formula is C14H28. The van der Waals surface area contributed by atoms with Gasteiger partial charge < -0.3 is 0 Å². The lowest BCUT2D eigenvalue weighted by Gasteiger charge is -2.15. The molecule has 0 spiro atoms. The molecule has 14 heavy (non-hydrogen) atoms. The second-order valence-electron chi connectivity index (χ2n) is 4.34. The second-order valence-corrected chi connectivity index (χ2v) is 4.34. The van der Waals surface area contributed by atoms with Crippen molar-refractivity contribution in [2.75, 3.05) is 0 Å². The highest BCUT2D eigenvalue weighted by molar-refractivity contribution is 5.02. The van der Waals surface area contributed by atoms with E-state index in [4.69, 9.17) is 0 Å². The summed E-state index contributed by atoms with van der Waals surface area (Å²) in [6, 6.07) is 0. The van der Waals surface area contributed by atoms with Gasteiger partial charge >= 0.3 is 0 Å². The van der Waals surface area contributed by atoms with Crippen molar-refractivity contribution in [3.63, 3.8) is 0 Å². The Kier molecular flexibility index (Phi) is 9.13. The summed E-state index contributed by atoms with van der Waals surface area (Å²) in [4.78, 5) is 0. The summed E-state index contributed by atoms with van der Waals surface area (Å²) >= 11 is 0. The Morgan fingerprint density at radius 2 is 1.71 bits per heavy atom. The molecule has 0 aliphatic rings. The molecule has 0 bridgehead atoms. The molecule has 0 aliphatic carbocycles. The quantitative estimate of drug-likeness (QED) is 0.363. The molecule has 0 aromatic carbocycles. The summed E-state index contributed by atoms with van der Waals surface area (Å²) in [6.45, 7) is 9.18. The van der Waals surface area contributed by atoms with Crippen LogP contribution in [-0.2, 0) is 0 Å². The van der Waals surface area contributed by atoms with Gasteiger partial charge in [0.05, 0.1) is 0 Å². The average Bonchev–Trinajstić information content (AvgIpc) is 2.19. The van der Waals surface area contributed by atoms with Crippen molar-refractivity contribution in [1.82, 2.24) is 0 Å². The zero-order valence-corrected chi connectivity index (χ0v) is 10.6. The van der Waals surface area contributed by atoms with Crippen LogP contribution in [0.15, 0.2) is 11.6 Å². The zero-order chi connectivity index (χ0) is 10.8. The summed E-state index contributed by atoms with van der Waals surface area (Å²) in [6.07, 6.45) is 11.8. The monoisotopic (exact) mass is 196 g/mol. The number of rotatable bonds is 8. The second kappa shape index (κ2) is 9.30. The van der Waals surface area contributed by atoms with Crippen LogP contribution >= 0.6 is 0 Å². The van der Waals surface area contributed by atoms with E-state index in [1.54, 1.807) is 5.57 Å². The minimum absolute atomic E-state index is 0.854. The Labute approximate surface area is 90.8 Å². The van der Waals surface area contributed by atoms with Gasteiger partial charge in [-0.1, -0.05) is 58.1 Å². The van der Waals surface area contributed by atoms with Gasteiger partial charge in [-0.15, -0.1) is 0 Å². The van der Waals surface area contributed by atoms with Crippen LogP contribution in [0.2, 0.25) is 0 Å². The largest absolute Gasteiger partial charge is 0.0853 e. The molecule has 0 aromatic heterocycles. The van der Waals surface area contributed by atoms with E-state index in [0.717, 1.165) is 5.92 Å². The smallest absolute Gasteiger partial charge is 0.0209 e. The third-order valence-corrected chi connectivity index (χ3v) is 3.07. The summed E-state index contributed by atoms with van der Waals surface area (Å²) < 4.78 is 0. The fourth-order valence-electron chi connectivity index (χ4n) is 1.90. The van der Waals surface area contributed by atoms with Gasteiger partial charge in [0.25, 0.3) is 0 Å². The topological polar surface area (TPSA) is 0 Å². The molecule has 0 saturated carbocycles. The van der Waals surface area contributed by atoms with Crippen LogP contribution < -0.4 is 0 Å². The molecular weight excluding hydrogens is 168 g/mol. The summed E-state index contributed by atoms with van der Waals surface area (Å²) in [5.74, 6) is 0.854. The van der Waals surface area contributed by atoms with Crippen LogP contribution in [0.5, 0.6) is 0 Å². The van der Waals surface area contributed by atoms with Gasteiger partial charge in [-0.05, 0) is 32.1 Å². The molecule has 0 N–H and O–H groups in total. The molecule has 0 aromatic rings. The lowest BCUT2D eigenvalue weighted by atomic mass is 9.91. The Balaban J connectivity index is 3.88. The maximum atomic E-state index is 2.47. The highest BCUT2D eigenvalue weighted by Gasteiger charge is 2.06. The Bertz CT molecular complexity index is 144. The van der Waals surface area contributed by atoms with Gasteiger partial charge in [-0.3, -0.25) is 0 Å². The predicted molar refractivity (Wildman–Crippen MR) is 66.6 cm³/mol. The number of unbranched alkanes of at least 4 members (excludes halogenated alkanes) is 3. The first-order valence-corrected chi connectivity index (χ1v) is 6.42. The third kappa shape index (κ3) is 6.23. The minimum atomic E-state index is 0.854. The first kappa shape index (κ1) is 13.7. The van der Waals surface area contributed by atoms with Crippen molar-refractivity contribution in [3.8, 4) is 0 Å². The van der Waals surface area contributed by atoms with Gasteiger partial charge in [0.15, 0.2) is 0 Å².